The summed E-state index contributed by atoms with van der Waals surface area (Å²) < 4.78 is 1.57. The molecule has 0 spiro atoms. The molecule has 0 aliphatic heterocycles. The summed E-state index contributed by atoms with van der Waals surface area (Å²) in [6.45, 7) is 7.09. The van der Waals surface area contributed by atoms with Gasteiger partial charge < -0.3 is 4.90 Å². The standard InChI is InChI=1S/C16H20N2O2/c1-4-17(5-2)15(19)11-18-14-9-7-6-8-13(14)10-12(3)16(18)20/h6-10H,4-5,11H2,1-3H3. The number of hydrogen-bond donors (Lipinski definition) is 0. The van der Waals surface area contributed by atoms with Crippen LogP contribution in [0, 0.1) is 6.92 Å². The van der Waals surface area contributed by atoms with Crippen LogP contribution in [0.15, 0.2) is 35.1 Å². The van der Waals surface area contributed by atoms with Gasteiger partial charge in [0.2, 0.25) is 5.91 Å². The number of fused-ring (bicyclic) bond motifs is 1. The van der Waals surface area contributed by atoms with Crippen LogP contribution in [-0.4, -0.2) is 28.5 Å². The number of carbonyl (C=O) groups is 1. The Hall–Kier alpha value is -2.10. The minimum absolute atomic E-state index is 0.0205. The summed E-state index contributed by atoms with van der Waals surface area (Å²) in [5.41, 5.74) is 1.38. The summed E-state index contributed by atoms with van der Waals surface area (Å²) in [4.78, 5) is 26.3. The van der Waals surface area contributed by atoms with Gasteiger partial charge in [-0.3, -0.25) is 14.2 Å². The third-order valence-corrected chi connectivity index (χ3v) is 3.59. The number of para-hydroxylation sites is 1. The number of aryl methyl sites for hydroxylation is 1. The number of nitrogens with zero attached hydrogens (tertiary/aromatic N) is 2. The van der Waals surface area contributed by atoms with Gasteiger partial charge in [-0.15, -0.1) is 0 Å². The van der Waals surface area contributed by atoms with Crippen molar-refractivity contribution in [2.75, 3.05) is 13.1 Å². The third kappa shape index (κ3) is 2.59. The molecule has 2 aromatic rings. The Morgan fingerprint density at radius 2 is 1.85 bits per heavy atom. The molecule has 0 unspecified atom stereocenters. The lowest BCUT2D eigenvalue weighted by Gasteiger charge is -2.20. The highest BCUT2D eigenvalue weighted by molar-refractivity contribution is 5.82. The van der Waals surface area contributed by atoms with Gasteiger partial charge in [0.05, 0.1) is 5.52 Å². The average molecular weight is 272 g/mol. The van der Waals surface area contributed by atoms with Gasteiger partial charge in [-0.1, -0.05) is 18.2 Å². The Labute approximate surface area is 118 Å². The molecule has 4 heteroatoms. The first kappa shape index (κ1) is 14.3. The maximum absolute atomic E-state index is 12.3. The van der Waals surface area contributed by atoms with Gasteiger partial charge in [0.15, 0.2) is 0 Å². The van der Waals surface area contributed by atoms with Crippen LogP contribution in [0.1, 0.15) is 19.4 Å². The van der Waals surface area contributed by atoms with Crippen molar-refractivity contribution >= 4 is 16.8 Å². The fraction of sp³-hybridized carbons (Fsp3) is 0.375. The van der Waals surface area contributed by atoms with E-state index in [0.717, 1.165) is 10.9 Å². The van der Waals surface area contributed by atoms with Gasteiger partial charge in [0.1, 0.15) is 6.54 Å². The molecule has 0 radical (unpaired) electrons. The summed E-state index contributed by atoms with van der Waals surface area (Å²) in [5.74, 6) is -0.0205. The van der Waals surface area contributed by atoms with Crippen molar-refractivity contribution < 1.29 is 4.79 Å². The second kappa shape index (κ2) is 5.90. The highest BCUT2D eigenvalue weighted by Gasteiger charge is 2.14. The Bertz CT molecular complexity index is 684. The van der Waals surface area contributed by atoms with Crippen LogP contribution in [0.3, 0.4) is 0 Å². The van der Waals surface area contributed by atoms with Crippen molar-refractivity contribution in [2.45, 2.75) is 27.3 Å². The van der Waals surface area contributed by atoms with E-state index in [9.17, 15) is 9.59 Å². The average Bonchev–Trinajstić information content (AvgIpc) is 2.45. The monoisotopic (exact) mass is 272 g/mol. The van der Waals surface area contributed by atoms with Gasteiger partial charge in [-0.25, -0.2) is 0 Å². The summed E-state index contributed by atoms with van der Waals surface area (Å²) in [5, 5.41) is 0.983. The van der Waals surface area contributed by atoms with Crippen molar-refractivity contribution in [3.05, 3.63) is 46.2 Å². The summed E-state index contributed by atoms with van der Waals surface area (Å²) >= 11 is 0. The molecule has 1 aromatic heterocycles. The quantitative estimate of drug-likeness (QED) is 0.856. The van der Waals surface area contributed by atoms with Crippen LogP contribution in [-0.2, 0) is 11.3 Å². The zero-order valence-corrected chi connectivity index (χ0v) is 12.2. The third-order valence-electron chi connectivity index (χ3n) is 3.59. The molecule has 20 heavy (non-hydrogen) atoms. The number of likely N-dealkylation sites (N-methyl/N-ethyl adjacent to an activating group) is 1. The zero-order chi connectivity index (χ0) is 14.7. The topological polar surface area (TPSA) is 42.3 Å². The molecule has 0 aliphatic rings. The smallest absolute Gasteiger partial charge is 0.254 e. The van der Waals surface area contributed by atoms with Gasteiger partial charge in [0, 0.05) is 18.7 Å². The van der Waals surface area contributed by atoms with Crippen LogP contribution in [0.2, 0.25) is 0 Å². The Morgan fingerprint density at radius 1 is 1.20 bits per heavy atom. The molecule has 0 bridgehead atoms. The van der Waals surface area contributed by atoms with E-state index in [1.165, 1.54) is 0 Å². The van der Waals surface area contributed by atoms with Gasteiger partial charge in [0.25, 0.3) is 5.56 Å². The second-order valence-electron chi connectivity index (χ2n) is 4.84. The van der Waals surface area contributed by atoms with E-state index in [2.05, 4.69) is 0 Å². The maximum atomic E-state index is 12.3. The molecular weight excluding hydrogens is 252 g/mol. The van der Waals surface area contributed by atoms with Crippen LogP contribution < -0.4 is 5.56 Å². The zero-order valence-electron chi connectivity index (χ0n) is 12.2. The minimum Gasteiger partial charge on any atom is -0.342 e. The van der Waals surface area contributed by atoms with Gasteiger partial charge in [-0.05, 0) is 38.3 Å². The number of hydrogen-bond acceptors (Lipinski definition) is 2. The Morgan fingerprint density at radius 3 is 2.50 bits per heavy atom. The van der Waals surface area contributed by atoms with Gasteiger partial charge >= 0.3 is 0 Å². The second-order valence-corrected chi connectivity index (χ2v) is 4.84. The maximum Gasteiger partial charge on any atom is 0.254 e. The van der Waals surface area contributed by atoms with Crippen molar-refractivity contribution in [3.63, 3.8) is 0 Å². The Balaban J connectivity index is 2.51. The molecule has 1 heterocycles. The number of carbonyl (C=O) groups excluding carboxylic acids is 1. The molecule has 0 N–H and O–H groups in total. The van der Waals surface area contributed by atoms with Crippen LogP contribution >= 0.6 is 0 Å². The largest absolute Gasteiger partial charge is 0.342 e. The molecule has 106 valence electrons. The van der Waals surface area contributed by atoms with Crippen LogP contribution in [0.5, 0.6) is 0 Å². The molecule has 0 fully saturated rings. The fourth-order valence-electron chi connectivity index (χ4n) is 2.44. The number of benzene rings is 1. The Kier molecular flexibility index (Phi) is 4.23. The van der Waals surface area contributed by atoms with E-state index in [1.807, 2.05) is 44.2 Å². The molecule has 0 atom stereocenters. The fourth-order valence-corrected chi connectivity index (χ4v) is 2.44. The van der Waals surface area contributed by atoms with E-state index >= 15 is 0 Å². The predicted molar refractivity (Wildman–Crippen MR) is 80.9 cm³/mol. The van der Waals surface area contributed by atoms with Crippen LogP contribution in [0.4, 0.5) is 0 Å². The van der Waals surface area contributed by atoms with E-state index in [0.29, 0.717) is 18.7 Å². The molecular formula is C16H20N2O2. The molecule has 2 rings (SSSR count). The molecule has 0 aliphatic carbocycles. The molecule has 1 amide bonds. The molecule has 4 nitrogen and oxygen atoms in total. The van der Waals surface area contributed by atoms with Crippen LogP contribution in [0.25, 0.3) is 10.9 Å². The lowest BCUT2D eigenvalue weighted by Crippen LogP contribution is -2.36. The first-order valence-corrected chi connectivity index (χ1v) is 6.95. The van der Waals surface area contributed by atoms with Crippen molar-refractivity contribution in [1.29, 1.82) is 0 Å². The molecule has 1 aromatic carbocycles. The van der Waals surface area contributed by atoms with Crippen molar-refractivity contribution in [3.8, 4) is 0 Å². The van der Waals surface area contributed by atoms with E-state index < -0.39 is 0 Å². The SMILES string of the molecule is CCN(CC)C(=O)Cn1c(=O)c(C)cc2ccccc21. The first-order chi connectivity index (χ1) is 9.58. The lowest BCUT2D eigenvalue weighted by molar-refractivity contribution is -0.131. The summed E-state index contributed by atoms with van der Waals surface area (Å²) in [7, 11) is 0. The van der Waals surface area contributed by atoms with Crippen molar-refractivity contribution in [2.24, 2.45) is 0 Å². The van der Waals surface area contributed by atoms with Crippen molar-refractivity contribution in [1.82, 2.24) is 9.47 Å². The molecule has 0 saturated carbocycles. The summed E-state index contributed by atoms with van der Waals surface area (Å²) in [6, 6.07) is 9.53. The first-order valence-electron chi connectivity index (χ1n) is 6.95. The predicted octanol–water partition coefficient (Wildman–Crippen LogP) is 2.18. The molecule has 0 saturated heterocycles. The number of pyridine rings is 1. The van der Waals surface area contributed by atoms with E-state index in [-0.39, 0.29) is 18.0 Å². The minimum atomic E-state index is -0.0933. The normalized spacial score (nSPS) is 10.8. The number of amides is 1. The van der Waals surface area contributed by atoms with E-state index in [1.54, 1.807) is 16.4 Å². The summed E-state index contributed by atoms with van der Waals surface area (Å²) in [6.07, 6.45) is 0. The number of rotatable bonds is 4. The highest BCUT2D eigenvalue weighted by atomic mass is 16.2. The highest BCUT2D eigenvalue weighted by Crippen LogP contribution is 2.13. The van der Waals surface area contributed by atoms with Gasteiger partial charge in [-0.2, -0.15) is 0 Å². The number of aromatic nitrogens is 1. The lowest BCUT2D eigenvalue weighted by atomic mass is 10.1. The van der Waals surface area contributed by atoms with E-state index in [4.69, 9.17) is 0 Å².